The highest BCUT2D eigenvalue weighted by Gasteiger charge is 2.25. The Morgan fingerprint density at radius 3 is 2.83 bits per heavy atom. The molecular formula is C13H18Cl2N2O. The molecule has 0 bridgehead atoms. The molecule has 3 nitrogen and oxygen atoms in total. The molecule has 0 radical (unpaired) electrons. The minimum atomic E-state index is -0.531. The Balaban J connectivity index is 2.01. The zero-order valence-electron chi connectivity index (χ0n) is 10.5. The molecule has 1 aromatic heterocycles. The zero-order chi connectivity index (χ0) is 13.2. The van der Waals surface area contributed by atoms with E-state index in [1.165, 1.54) is 0 Å². The smallest absolute Gasteiger partial charge is 0.135 e. The number of halogens is 2. The standard InChI is InChI=1S/C13H18Cl2N2O/c1-13(18)5-2-7-17(8-6-13)9-10-3-4-11(14)16-12(10)15/h3-4,18H,2,5-9H2,1H3. The van der Waals surface area contributed by atoms with Crippen molar-refractivity contribution in [2.75, 3.05) is 13.1 Å². The Bertz CT molecular complexity index is 423. The van der Waals surface area contributed by atoms with E-state index in [-0.39, 0.29) is 0 Å². The first kappa shape index (κ1) is 14.1. The molecule has 1 aromatic rings. The van der Waals surface area contributed by atoms with Crippen molar-refractivity contribution in [3.8, 4) is 0 Å². The molecule has 1 fully saturated rings. The lowest BCUT2D eigenvalue weighted by atomic mass is 9.98. The van der Waals surface area contributed by atoms with Crippen molar-refractivity contribution in [1.29, 1.82) is 0 Å². The van der Waals surface area contributed by atoms with Crippen LogP contribution in [0.5, 0.6) is 0 Å². The van der Waals surface area contributed by atoms with E-state index in [1.54, 1.807) is 6.07 Å². The fourth-order valence-corrected chi connectivity index (χ4v) is 2.68. The number of rotatable bonds is 2. The van der Waals surface area contributed by atoms with Gasteiger partial charge in [0.25, 0.3) is 0 Å². The van der Waals surface area contributed by atoms with Crippen LogP contribution in [0.25, 0.3) is 0 Å². The van der Waals surface area contributed by atoms with Crippen molar-refractivity contribution in [2.45, 2.75) is 38.3 Å². The molecule has 0 aliphatic carbocycles. The normalized spacial score (nSPS) is 26.0. The molecule has 0 spiro atoms. The zero-order valence-corrected chi connectivity index (χ0v) is 12.0. The summed E-state index contributed by atoms with van der Waals surface area (Å²) in [5, 5.41) is 10.9. The van der Waals surface area contributed by atoms with E-state index < -0.39 is 5.60 Å². The predicted molar refractivity (Wildman–Crippen MR) is 74.0 cm³/mol. The summed E-state index contributed by atoms with van der Waals surface area (Å²) < 4.78 is 0. The predicted octanol–water partition coefficient (Wildman–Crippen LogP) is 3.13. The highest BCUT2D eigenvalue weighted by Crippen LogP contribution is 2.24. The van der Waals surface area contributed by atoms with Gasteiger partial charge < -0.3 is 5.11 Å². The molecule has 18 heavy (non-hydrogen) atoms. The van der Waals surface area contributed by atoms with Crippen LogP contribution in [0.1, 0.15) is 31.7 Å². The van der Waals surface area contributed by atoms with Crippen molar-refractivity contribution in [3.63, 3.8) is 0 Å². The lowest BCUT2D eigenvalue weighted by molar-refractivity contribution is 0.0444. The monoisotopic (exact) mass is 288 g/mol. The van der Waals surface area contributed by atoms with Crippen molar-refractivity contribution in [1.82, 2.24) is 9.88 Å². The second-order valence-electron chi connectivity index (χ2n) is 5.21. The van der Waals surface area contributed by atoms with Gasteiger partial charge in [-0.15, -0.1) is 0 Å². The minimum Gasteiger partial charge on any atom is -0.390 e. The van der Waals surface area contributed by atoms with Crippen LogP contribution in [0.2, 0.25) is 10.3 Å². The van der Waals surface area contributed by atoms with Gasteiger partial charge in [-0.25, -0.2) is 4.98 Å². The van der Waals surface area contributed by atoms with E-state index in [0.29, 0.717) is 10.3 Å². The average molecular weight is 289 g/mol. The van der Waals surface area contributed by atoms with Crippen molar-refractivity contribution in [3.05, 3.63) is 28.0 Å². The van der Waals surface area contributed by atoms with Crippen LogP contribution in [-0.4, -0.2) is 33.7 Å². The Labute approximate surface area is 118 Å². The quantitative estimate of drug-likeness (QED) is 0.850. The fraction of sp³-hybridized carbons (Fsp3) is 0.615. The first-order valence-corrected chi connectivity index (χ1v) is 6.97. The second-order valence-corrected chi connectivity index (χ2v) is 5.96. The van der Waals surface area contributed by atoms with Gasteiger partial charge in [-0.1, -0.05) is 29.3 Å². The number of aromatic nitrogens is 1. The second kappa shape index (κ2) is 5.74. The molecule has 1 aliphatic rings. The van der Waals surface area contributed by atoms with E-state index >= 15 is 0 Å². The molecule has 1 saturated heterocycles. The van der Waals surface area contributed by atoms with E-state index in [2.05, 4.69) is 9.88 Å². The molecule has 100 valence electrons. The van der Waals surface area contributed by atoms with Gasteiger partial charge in [0.1, 0.15) is 10.3 Å². The van der Waals surface area contributed by atoms with E-state index in [0.717, 1.165) is 44.5 Å². The van der Waals surface area contributed by atoms with Crippen LogP contribution in [0, 0.1) is 0 Å². The number of likely N-dealkylation sites (tertiary alicyclic amines) is 1. The highest BCUT2D eigenvalue weighted by molar-refractivity contribution is 6.32. The SMILES string of the molecule is CC1(O)CCCN(Cc2ccc(Cl)nc2Cl)CC1. The largest absolute Gasteiger partial charge is 0.390 e. The van der Waals surface area contributed by atoms with Crippen LogP contribution in [0.15, 0.2) is 12.1 Å². The Hall–Kier alpha value is -0.350. The van der Waals surface area contributed by atoms with Crippen LogP contribution >= 0.6 is 23.2 Å². The molecule has 1 unspecified atom stereocenters. The van der Waals surface area contributed by atoms with Crippen LogP contribution in [0.3, 0.4) is 0 Å². The third-order valence-electron chi connectivity index (χ3n) is 3.44. The molecule has 1 N–H and O–H groups in total. The van der Waals surface area contributed by atoms with E-state index in [9.17, 15) is 5.11 Å². The maximum Gasteiger partial charge on any atom is 0.135 e. The van der Waals surface area contributed by atoms with Crippen molar-refractivity contribution < 1.29 is 5.11 Å². The topological polar surface area (TPSA) is 36.4 Å². The molecule has 2 rings (SSSR count). The number of nitrogens with zero attached hydrogens (tertiary/aromatic N) is 2. The summed E-state index contributed by atoms with van der Waals surface area (Å²) in [6, 6.07) is 3.68. The number of pyridine rings is 1. The van der Waals surface area contributed by atoms with Crippen molar-refractivity contribution >= 4 is 23.2 Å². The van der Waals surface area contributed by atoms with Gasteiger partial charge in [0.05, 0.1) is 5.60 Å². The summed E-state index contributed by atoms with van der Waals surface area (Å²) in [6.07, 6.45) is 2.66. The Morgan fingerprint density at radius 2 is 2.11 bits per heavy atom. The number of hydrogen-bond acceptors (Lipinski definition) is 3. The fourth-order valence-electron chi connectivity index (χ4n) is 2.28. The van der Waals surface area contributed by atoms with Gasteiger partial charge in [0, 0.05) is 18.7 Å². The Kier molecular flexibility index (Phi) is 4.49. The molecule has 1 atom stereocenters. The van der Waals surface area contributed by atoms with E-state index in [1.807, 2.05) is 13.0 Å². The summed E-state index contributed by atoms with van der Waals surface area (Å²) in [4.78, 5) is 6.35. The van der Waals surface area contributed by atoms with Gasteiger partial charge in [-0.3, -0.25) is 4.90 Å². The van der Waals surface area contributed by atoms with Crippen molar-refractivity contribution in [2.24, 2.45) is 0 Å². The first-order valence-electron chi connectivity index (χ1n) is 6.22. The molecule has 0 saturated carbocycles. The molecule has 2 heterocycles. The lowest BCUT2D eigenvalue weighted by Gasteiger charge is -2.22. The third kappa shape index (κ3) is 3.82. The average Bonchev–Trinajstić information content (AvgIpc) is 2.44. The third-order valence-corrected chi connectivity index (χ3v) is 3.98. The van der Waals surface area contributed by atoms with Gasteiger partial charge >= 0.3 is 0 Å². The number of aliphatic hydroxyl groups is 1. The number of hydrogen-bond donors (Lipinski definition) is 1. The minimum absolute atomic E-state index is 0.419. The molecule has 5 heteroatoms. The van der Waals surface area contributed by atoms with Crippen LogP contribution < -0.4 is 0 Å². The molecule has 1 aliphatic heterocycles. The summed E-state index contributed by atoms with van der Waals surface area (Å²) in [7, 11) is 0. The van der Waals surface area contributed by atoms with Crippen LogP contribution in [0.4, 0.5) is 0 Å². The van der Waals surface area contributed by atoms with Gasteiger partial charge in [-0.2, -0.15) is 0 Å². The summed E-state index contributed by atoms with van der Waals surface area (Å²) >= 11 is 11.9. The molecule has 0 aromatic carbocycles. The molecule has 0 amide bonds. The Morgan fingerprint density at radius 1 is 1.33 bits per heavy atom. The van der Waals surface area contributed by atoms with Crippen LogP contribution in [-0.2, 0) is 6.54 Å². The molecular weight excluding hydrogens is 271 g/mol. The first-order chi connectivity index (χ1) is 8.46. The highest BCUT2D eigenvalue weighted by atomic mass is 35.5. The maximum atomic E-state index is 10.0. The lowest BCUT2D eigenvalue weighted by Crippen LogP contribution is -2.28. The summed E-state index contributed by atoms with van der Waals surface area (Å²) in [6.45, 7) is 4.54. The van der Waals surface area contributed by atoms with E-state index in [4.69, 9.17) is 23.2 Å². The van der Waals surface area contributed by atoms with Gasteiger partial charge in [0.2, 0.25) is 0 Å². The van der Waals surface area contributed by atoms with Gasteiger partial charge in [0.15, 0.2) is 0 Å². The summed E-state index contributed by atoms with van der Waals surface area (Å²) in [5.74, 6) is 0. The maximum absolute atomic E-state index is 10.0. The van der Waals surface area contributed by atoms with Gasteiger partial charge in [-0.05, 0) is 38.8 Å². The summed E-state index contributed by atoms with van der Waals surface area (Å²) in [5.41, 5.74) is 0.458.